The topological polar surface area (TPSA) is 127 Å². The molecule has 1 saturated carbocycles. The first kappa shape index (κ1) is 21.3. The highest BCUT2D eigenvalue weighted by Gasteiger charge is 2.52. The van der Waals surface area contributed by atoms with Crippen molar-refractivity contribution in [3.63, 3.8) is 0 Å². The van der Waals surface area contributed by atoms with Gasteiger partial charge in [0, 0.05) is 29.4 Å². The van der Waals surface area contributed by atoms with Crippen LogP contribution in [0.5, 0.6) is 5.75 Å². The number of aromatic nitrogens is 1. The summed E-state index contributed by atoms with van der Waals surface area (Å²) in [6.45, 7) is 0.597. The third-order valence-corrected chi connectivity index (χ3v) is 7.32. The van der Waals surface area contributed by atoms with Gasteiger partial charge in [0.15, 0.2) is 0 Å². The number of aromatic amines is 1. The van der Waals surface area contributed by atoms with Gasteiger partial charge >= 0.3 is 0 Å². The van der Waals surface area contributed by atoms with E-state index in [0.717, 1.165) is 30.2 Å². The first-order chi connectivity index (χ1) is 16.0. The Morgan fingerprint density at radius 2 is 2.18 bits per heavy atom. The highest BCUT2D eigenvalue weighted by atomic mass is 16.5. The molecule has 3 amide bonds. The van der Waals surface area contributed by atoms with Gasteiger partial charge in [0.1, 0.15) is 23.5 Å². The lowest BCUT2D eigenvalue weighted by molar-refractivity contribution is -0.128. The molecule has 1 aromatic carbocycles. The van der Waals surface area contributed by atoms with Crippen LogP contribution in [0, 0.1) is 23.2 Å². The second-order valence-corrected chi connectivity index (χ2v) is 9.19. The highest BCUT2D eigenvalue weighted by molar-refractivity contribution is 6.02. The van der Waals surface area contributed by atoms with Crippen LogP contribution in [0.2, 0.25) is 0 Å². The fraction of sp³-hybridized carbons (Fsp3) is 0.500. The van der Waals surface area contributed by atoms with Crippen LogP contribution in [0.1, 0.15) is 42.6 Å². The van der Waals surface area contributed by atoms with Crippen molar-refractivity contribution < 1.29 is 19.1 Å². The molecule has 5 atom stereocenters. The molecule has 9 heteroatoms. The van der Waals surface area contributed by atoms with Gasteiger partial charge in [-0.05, 0) is 56.2 Å². The van der Waals surface area contributed by atoms with E-state index in [1.54, 1.807) is 18.1 Å². The summed E-state index contributed by atoms with van der Waals surface area (Å²) in [5, 5.41) is 16.0. The first-order valence-electron chi connectivity index (χ1n) is 11.5. The van der Waals surface area contributed by atoms with Gasteiger partial charge in [-0.3, -0.25) is 14.4 Å². The molecule has 1 aromatic heterocycles. The second-order valence-electron chi connectivity index (χ2n) is 9.19. The van der Waals surface area contributed by atoms with Crippen molar-refractivity contribution in [2.24, 2.45) is 11.8 Å². The molecule has 0 radical (unpaired) electrons. The molecule has 1 aliphatic carbocycles. The Bertz CT molecular complexity index is 1150. The van der Waals surface area contributed by atoms with E-state index in [4.69, 9.17) is 4.74 Å². The van der Waals surface area contributed by atoms with Crippen molar-refractivity contribution in [1.29, 1.82) is 5.26 Å². The number of carbonyl (C=O) groups excluding carboxylic acids is 3. The molecule has 3 aliphatic rings. The second kappa shape index (κ2) is 8.43. The van der Waals surface area contributed by atoms with Crippen LogP contribution in [0.25, 0.3) is 10.9 Å². The molecule has 3 heterocycles. The van der Waals surface area contributed by atoms with Crippen molar-refractivity contribution in [3.05, 3.63) is 30.0 Å². The number of carbonyl (C=O) groups is 3. The van der Waals surface area contributed by atoms with Crippen LogP contribution < -0.4 is 15.4 Å². The van der Waals surface area contributed by atoms with Gasteiger partial charge in [0.25, 0.3) is 5.91 Å². The Labute approximate surface area is 191 Å². The molecule has 2 saturated heterocycles. The average Bonchev–Trinajstić information content (AvgIpc) is 3.61. The molecule has 0 spiro atoms. The Morgan fingerprint density at radius 3 is 2.91 bits per heavy atom. The van der Waals surface area contributed by atoms with Gasteiger partial charge in [-0.1, -0.05) is 6.07 Å². The number of methoxy groups -OCH3 is 1. The molecule has 33 heavy (non-hydrogen) atoms. The van der Waals surface area contributed by atoms with Crippen molar-refractivity contribution >= 4 is 28.6 Å². The largest absolute Gasteiger partial charge is 0.496 e. The maximum atomic E-state index is 13.6. The van der Waals surface area contributed by atoms with E-state index in [0.29, 0.717) is 24.4 Å². The quantitative estimate of drug-likeness (QED) is 0.619. The molecular weight excluding hydrogens is 422 g/mol. The van der Waals surface area contributed by atoms with Crippen LogP contribution in [-0.2, 0) is 9.59 Å². The summed E-state index contributed by atoms with van der Waals surface area (Å²) in [5.41, 5.74) is 1.21. The van der Waals surface area contributed by atoms with Gasteiger partial charge in [0.05, 0.1) is 13.2 Å². The zero-order valence-corrected chi connectivity index (χ0v) is 18.5. The standard InChI is InChI=1S/C24H27N5O4/c1-33-20-4-2-3-18-17(20)11-19(28-18)24(32)29-16-6-5-13(10-16)21(29)23(31)27-15(12-25)9-14-7-8-26-22(14)30/h2-4,11,13-16,21,28H,5-10H2,1H3,(H,26,30)(H,27,31)/t13?,14-,15-,16?,21-/m0/s1. The normalized spacial score (nSPS) is 26.8. The van der Waals surface area contributed by atoms with E-state index in [1.807, 2.05) is 18.2 Å². The van der Waals surface area contributed by atoms with Gasteiger partial charge in [-0.15, -0.1) is 0 Å². The minimum atomic E-state index is -0.764. The van der Waals surface area contributed by atoms with E-state index in [1.165, 1.54) is 0 Å². The summed E-state index contributed by atoms with van der Waals surface area (Å²) in [7, 11) is 1.59. The lowest BCUT2D eigenvalue weighted by Gasteiger charge is -2.34. The molecule has 9 nitrogen and oxygen atoms in total. The number of fused-ring (bicyclic) bond motifs is 3. The van der Waals surface area contributed by atoms with E-state index in [2.05, 4.69) is 21.7 Å². The summed E-state index contributed by atoms with van der Waals surface area (Å²) >= 11 is 0. The molecule has 2 unspecified atom stereocenters. The van der Waals surface area contributed by atoms with Crippen LogP contribution in [0.3, 0.4) is 0 Å². The lowest BCUT2D eigenvalue weighted by atomic mass is 9.95. The van der Waals surface area contributed by atoms with E-state index in [9.17, 15) is 19.6 Å². The Balaban J connectivity index is 1.36. The van der Waals surface area contributed by atoms with Gasteiger partial charge in [-0.25, -0.2) is 0 Å². The SMILES string of the molecule is COc1cccc2[nH]c(C(=O)N3C4CCC(C4)[C@H]3C(=O)N[C@H](C#N)C[C@@H]3CCNC3=O)cc12. The maximum absolute atomic E-state index is 13.6. The Morgan fingerprint density at radius 1 is 1.33 bits per heavy atom. The molecule has 3 N–H and O–H groups in total. The zero-order valence-electron chi connectivity index (χ0n) is 18.5. The van der Waals surface area contributed by atoms with Gasteiger partial charge in [-0.2, -0.15) is 5.26 Å². The monoisotopic (exact) mass is 449 g/mol. The predicted octanol–water partition coefficient (Wildman–Crippen LogP) is 1.70. The molecule has 2 bridgehead atoms. The third-order valence-electron chi connectivity index (χ3n) is 7.32. The summed E-state index contributed by atoms with van der Waals surface area (Å²) in [6, 6.07) is 8.09. The summed E-state index contributed by atoms with van der Waals surface area (Å²) < 4.78 is 5.40. The van der Waals surface area contributed by atoms with E-state index < -0.39 is 12.1 Å². The van der Waals surface area contributed by atoms with Crippen LogP contribution in [0.4, 0.5) is 0 Å². The summed E-state index contributed by atoms with van der Waals surface area (Å²) in [5.74, 6) is -0.122. The number of ether oxygens (including phenoxy) is 1. The van der Waals surface area contributed by atoms with E-state index >= 15 is 0 Å². The number of hydrogen-bond acceptors (Lipinski definition) is 5. The van der Waals surface area contributed by atoms with Gasteiger partial charge < -0.3 is 25.3 Å². The molecule has 5 rings (SSSR count). The average molecular weight is 450 g/mol. The minimum Gasteiger partial charge on any atom is -0.496 e. The number of nitrogens with zero attached hydrogens (tertiary/aromatic N) is 2. The molecule has 172 valence electrons. The van der Waals surface area contributed by atoms with E-state index in [-0.39, 0.29) is 42.0 Å². The molecule has 2 aromatic rings. The number of nitriles is 1. The van der Waals surface area contributed by atoms with Crippen LogP contribution in [-0.4, -0.2) is 59.4 Å². The molecule has 2 aliphatic heterocycles. The van der Waals surface area contributed by atoms with Crippen LogP contribution >= 0.6 is 0 Å². The fourth-order valence-electron chi connectivity index (χ4n) is 5.73. The number of hydrogen-bond donors (Lipinski definition) is 3. The Hall–Kier alpha value is -3.54. The van der Waals surface area contributed by atoms with Crippen LogP contribution in [0.15, 0.2) is 24.3 Å². The Kier molecular flexibility index (Phi) is 5.44. The smallest absolute Gasteiger partial charge is 0.271 e. The molecular formula is C24H27N5O4. The number of H-pyrrole nitrogens is 1. The summed E-state index contributed by atoms with van der Waals surface area (Å²) in [4.78, 5) is 43.6. The number of nitrogens with one attached hydrogen (secondary N) is 3. The van der Waals surface area contributed by atoms with Crippen molar-refractivity contribution in [1.82, 2.24) is 20.5 Å². The van der Waals surface area contributed by atoms with Crippen molar-refractivity contribution in [2.45, 2.75) is 50.2 Å². The number of rotatable bonds is 6. The minimum absolute atomic E-state index is 0.00713. The first-order valence-corrected chi connectivity index (χ1v) is 11.5. The highest BCUT2D eigenvalue weighted by Crippen LogP contribution is 2.43. The fourth-order valence-corrected chi connectivity index (χ4v) is 5.73. The summed E-state index contributed by atoms with van der Waals surface area (Å²) in [6.07, 6.45) is 3.48. The van der Waals surface area contributed by atoms with Gasteiger partial charge in [0.2, 0.25) is 11.8 Å². The number of amides is 3. The van der Waals surface area contributed by atoms with Crippen molar-refractivity contribution in [3.8, 4) is 11.8 Å². The maximum Gasteiger partial charge on any atom is 0.271 e. The number of benzene rings is 1. The third kappa shape index (κ3) is 3.69. The number of piperidine rings is 1. The predicted molar refractivity (Wildman–Crippen MR) is 119 cm³/mol. The number of likely N-dealkylation sites (tertiary alicyclic amines) is 1. The zero-order chi connectivity index (χ0) is 23.1. The lowest BCUT2D eigenvalue weighted by Crippen LogP contribution is -2.54. The molecule has 3 fully saturated rings. The van der Waals surface area contributed by atoms with Crippen molar-refractivity contribution in [2.75, 3.05) is 13.7 Å².